The quantitative estimate of drug-likeness (QED) is 0.825. The van der Waals surface area contributed by atoms with Crippen molar-refractivity contribution < 1.29 is 9.59 Å². The molecule has 0 unspecified atom stereocenters. The summed E-state index contributed by atoms with van der Waals surface area (Å²) < 4.78 is 0. The van der Waals surface area contributed by atoms with Gasteiger partial charge in [0.25, 0.3) is 5.91 Å². The highest BCUT2D eigenvalue weighted by molar-refractivity contribution is 5.96. The number of aromatic nitrogens is 1. The van der Waals surface area contributed by atoms with Crippen molar-refractivity contribution in [2.24, 2.45) is 0 Å². The Morgan fingerprint density at radius 3 is 2.58 bits per heavy atom. The molecule has 0 aliphatic heterocycles. The molecule has 1 aromatic rings. The van der Waals surface area contributed by atoms with Crippen LogP contribution in [-0.4, -0.2) is 40.8 Å². The van der Waals surface area contributed by atoms with Gasteiger partial charge in [-0.1, -0.05) is 0 Å². The third kappa shape index (κ3) is 3.58. The van der Waals surface area contributed by atoms with Crippen molar-refractivity contribution in [3.8, 4) is 6.07 Å². The lowest BCUT2D eigenvalue weighted by atomic mass is 10.2. The second-order valence-corrected chi connectivity index (χ2v) is 4.12. The predicted octanol–water partition coefficient (Wildman–Crippen LogP) is 0.873. The lowest BCUT2D eigenvalue weighted by Gasteiger charge is -2.23. The van der Waals surface area contributed by atoms with Crippen LogP contribution < -0.4 is 5.32 Å². The Hall–Kier alpha value is -2.29. The summed E-state index contributed by atoms with van der Waals surface area (Å²) in [5.74, 6) is -0.514. The molecule has 1 rings (SSSR count). The highest BCUT2D eigenvalue weighted by Gasteiger charge is 2.21. The summed E-state index contributed by atoms with van der Waals surface area (Å²) in [6, 6.07) is 2.78. The van der Waals surface area contributed by atoms with Gasteiger partial charge in [-0.2, -0.15) is 5.26 Å². The van der Waals surface area contributed by atoms with Gasteiger partial charge in [0.15, 0.2) is 0 Å². The zero-order valence-electron chi connectivity index (χ0n) is 11.4. The molecule has 0 radical (unpaired) electrons. The van der Waals surface area contributed by atoms with E-state index in [0.717, 1.165) is 0 Å². The number of nitriles is 1. The summed E-state index contributed by atoms with van der Waals surface area (Å²) in [7, 11) is 0. The van der Waals surface area contributed by atoms with Crippen LogP contribution in [0.3, 0.4) is 0 Å². The molecule has 0 aliphatic rings. The number of nitrogens with zero attached hydrogens (tertiary/aromatic N) is 2. The van der Waals surface area contributed by atoms with Gasteiger partial charge in [-0.05, 0) is 26.8 Å². The third-order valence-corrected chi connectivity index (χ3v) is 2.85. The number of H-pyrrole nitrogens is 1. The van der Waals surface area contributed by atoms with Gasteiger partial charge in [0.1, 0.15) is 17.8 Å². The van der Waals surface area contributed by atoms with Crippen molar-refractivity contribution in [2.45, 2.75) is 26.8 Å². The van der Waals surface area contributed by atoms with Gasteiger partial charge in [-0.15, -0.1) is 0 Å². The van der Waals surface area contributed by atoms with Crippen LogP contribution in [0.1, 0.15) is 36.8 Å². The molecule has 1 aromatic heterocycles. The van der Waals surface area contributed by atoms with Crippen LogP contribution in [0.5, 0.6) is 0 Å². The van der Waals surface area contributed by atoms with Crippen molar-refractivity contribution in [1.29, 1.82) is 5.26 Å². The number of hydrogen-bond donors (Lipinski definition) is 2. The van der Waals surface area contributed by atoms with Crippen LogP contribution in [-0.2, 0) is 4.79 Å². The number of carbonyl (C=O) groups excluding carboxylic acids is 2. The Labute approximate surface area is 112 Å². The van der Waals surface area contributed by atoms with Gasteiger partial charge in [0, 0.05) is 19.3 Å². The standard InChI is InChI=1S/C13H18N4O2/c1-4-17(5-2)13(19)9(3)16-12(18)11-6-10(7-14)8-15-11/h6,8-9,15H,4-5H2,1-3H3,(H,16,18)/t9-/m1/s1. The van der Waals surface area contributed by atoms with E-state index in [4.69, 9.17) is 5.26 Å². The Bertz CT molecular complexity index is 497. The predicted molar refractivity (Wildman–Crippen MR) is 70.4 cm³/mol. The van der Waals surface area contributed by atoms with Gasteiger partial charge in [0.2, 0.25) is 5.91 Å². The maximum Gasteiger partial charge on any atom is 0.268 e. The fourth-order valence-corrected chi connectivity index (χ4v) is 1.74. The van der Waals surface area contributed by atoms with Crippen LogP contribution in [0, 0.1) is 11.3 Å². The lowest BCUT2D eigenvalue weighted by molar-refractivity contribution is -0.132. The molecule has 0 spiro atoms. The highest BCUT2D eigenvalue weighted by Crippen LogP contribution is 2.03. The molecular weight excluding hydrogens is 244 g/mol. The van der Waals surface area contributed by atoms with Gasteiger partial charge in [-0.3, -0.25) is 9.59 Å². The molecule has 6 nitrogen and oxygen atoms in total. The fourth-order valence-electron chi connectivity index (χ4n) is 1.74. The monoisotopic (exact) mass is 262 g/mol. The van der Waals surface area contributed by atoms with Crippen molar-refractivity contribution in [1.82, 2.24) is 15.2 Å². The van der Waals surface area contributed by atoms with Gasteiger partial charge >= 0.3 is 0 Å². The summed E-state index contributed by atoms with van der Waals surface area (Å²) in [4.78, 5) is 28.2. The van der Waals surface area contributed by atoms with E-state index in [1.54, 1.807) is 11.8 Å². The Morgan fingerprint density at radius 2 is 2.11 bits per heavy atom. The molecule has 0 saturated carbocycles. The Kier molecular flexibility index (Phi) is 5.12. The minimum atomic E-state index is -0.596. The molecular formula is C13H18N4O2. The number of hydrogen-bond acceptors (Lipinski definition) is 3. The molecule has 102 valence electrons. The smallest absolute Gasteiger partial charge is 0.268 e. The van der Waals surface area contributed by atoms with Crippen LogP contribution in [0.15, 0.2) is 12.3 Å². The van der Waals surface area contributed by atoms with Gasteiger partial charge < -0.3 is 15.2 Å². The zero-order chi connectivity index (χ0) is 14.4. The van der Waals surface area contributed by atoms with E-state index in [1.165, 1.54) is 12.3 Å². The van der Waals surface area contributed by atoms with E-state index in [0.29, 0.717) is 18.7 Å². The third-order valence-electron chi connectivity index (χ3n) is 2.85. The fraction of sp³-hybridized carbons (Fsp3) is 0.462. The second-order valence-electron chi connectivity index (χ2n) is 4.12. The minimum Gasteiger partial charge on any atom is -0.356 e. The largest absolute Gasteiger partial charge is 0.356 e. The first-order valence-corrected chi connectivity index (χ1v) is 6.21. The minimum absolute atomic E-state index is 0.120. The van der Waals surface area contributed by atoms with Crippen LogP contribution in [0.4, 0.5) is 0 Å². The van der Waals surface area contributed by atoms with E-state index in [-0.39, 0.29) is 11.6 Å². The summed E-state index contributed by atoms with van der Waals surface area (Å²) in [6.07, 6.45) is 1.45. The summed E-state index contributed by atoms with van der Waals surface area (Å²) in [5.41, 5.74) is 0.656. The molecule has 0 bridgehead atoms. The van der Waals surface area contributed by atoms with Crippen LogP contribution >= 0.6 is 0 Å². The number of carbonyl (C=O) groups is 2. The molecule has 0 aromatic carbocycles. The first kappa shape index (κ1) is 14.8. The lowest BCUT2D eigenvalue weighted by Crippen LogP contribution is -2.46. The van der Waals surface area contributed by atoms with E-state index in [9.17, 15) is 9.59 Å². The molecule has 1 heterocycles. The maximum atomic E-state index is 12.0. The summed E-state index contributed by atoms with van der Waals surface area (Å²) >= 11 is 0. The molecule has 0 saturated heterocycles. The first-order chi connectivity index (χ1) is 9.03. The van der Waals surface area contributed by atoms with Crippen molar-refractivity contribution in [2.75, 3.05) is 13.1 Å². The molecule has 1 atom stereocenters. The zero-order valence-corrected chi connectivity index (χ0v) is 11.4. The number of likely N-dealkylation sites (N-methyl/N-ethyl adjacent to an activating group) is 1. The number of amides is 2. The van der Waals surface area contributed by atoms with Crippen LogP contribution in [0.25, 0.3) is 0 Å². The Balaban J connectivity index is 2.66. The highest BCUT2D eigenvalue weighted by atomic mass is 16.2. The van der Waals surface area contributed by atoms with Gasteiger partial charge in [0.05, 0.1) is 5.56 Å². The normalized spacial score (nSPS) is 11.5. The van der Waals surface area contributed by atoms with Gasteiger partial charge in [-0.25, -0.2) is 0 Å². The second kappa shape index (κ2) is 6.59. The number of nitrogens with one attached hydrogen (secondary N) is 2. The number of rotatable bonds is 5. The molecule has 6 heteroatoms. The average molecular weight is 262 g/mol. The van der Waals surface area contributed by atoms with E-state index < -0.39 is 11.9 Å². The van der Waals surface area contributed by atoms with Crippen molar-refractivity contribution >= 4 is 11.8 Å². The molecule has 2 N–H and O–H groups in total. The van der Waals surface area contributed by atoms with E-state index in [2.05, 4.69) is 10.3 Å². The van der Waals surface area contributed by atoms with E-state index >= 15 is 0 Å². The maximum absolute atomic E-state index is 12.0. The average Bonchev–Trinajstić information content (AvgIpc) is 2.88. The molecule has 0 fully saturated rings. The van der Waals surface area contributed by atoms with Crippen molar-refractivity contribution in [3.05, 3.63) is 23.5 Å². The molecule has 0 aliphatic carbocycles. The van der Waals surface area contributed by atoms with Crippen LogP contribution in [0.2, 0.25) is 0 Å². The van der Waals surface area contributed by atoms with Crippen molar-refractivity contribution in [3.63, 3.8) is 0 Å². The summed E-state index contributed by atoms with van der Waals surface area (Å²) in [6.45, 7) is 6.64. The topological polar surface area (TPSA) is 89.0 Å². The Morgan fingerprint density at radius 1 is 1.47 bits per heavy atom. The first-order valence-electron chi connectivity index (χ1n) is 6.21. The molecule has 2 amide bonds. The molecule has 19 heavy (non-hydrogen) atoms. The SMILES string of the molecule is CCN(CC)C(=O)[C@@H](C)NC(=O)c1cc(C#N)c[nH]1. The number of aromatic amines is 1. The van der Waals surface area contributed by atoms with E-state index in [1.807, 2.05) is 19.9 Å². The summed E-state index contributed by atoms with van der Waals surface area (Å²) in [5, 5.41) is 11.3.